The third-order valence-corrected chi connectivity index (χ3v) is 6.35. The maximum atomic E-state index is 11.6. The number of allylic oxidation sites excluding steroid dienone is 1. The molecule has 0 amide bonds. The third kappa shape index (κ3) is 7.61. The van der Waals surface area contributed by atoms with E-state index in [-0.39, 0.29) is 37.3 Å². The summed E-state index contributed by atoms with van der Waals surface area (Å²) in [6.07, 6.45) is 6.62. The first-order valence-electron chi connectivity index (χ1n) is 11.9. The van der Waals surface area contributed by atoms with Crippen LogP contribution >= 0.6 is 0 Å². The number of hydrogen-bond acceptors (Lipinski definition) is 6. The molecule has 0 spiro atoms. The molecule has 1 saturated heterocycles. The Bertz CT molecular complexity index is 718. The molecule has 6 nitrogen and oxygen atoms in total. The van der Waals surface area contributed by atoms with Crippen LogP contribution in [0.3, 0.4) is 0 Å². The van der Waals surface area contributed by atoms with E-state index < -0.39 is 6.10 Å². The SMILES string of the molecule is CC(C)OC(=O)COC[C@H]1CC[C@@H]2[C@@H](/C=C/[C@@H](O)COc3ccccc3)[C@H](C)C[C@@H]2OC1. The van der Waals surface area contributed by atoms with Gasteiger partial charge in [-0.05, 0) is 63.0 Å². The second kappa shape index (κ2) is 12.4. The Kier molecular flexibility index (Phi) is 9.57. The molecular formula is C26H38O6. The molecule has 178 valence electrons. The average molecular weight is 447 g/mol. The number of aliphatic hydroxyl groups is 1. The Morgan fingerprint density at radius 3 is 2.78 bits per heavy atom. The summed E-state index contributed by atoms with van der Waals surface area (Å²) in [7, 11) is 0. The molecule has 1 N–H and O–H groups in total. The number of carbonyl (C=O) groups is 1. The van der Waals surface area contributed by atoms with Crippen molar-refractivity contribution in [3.8, 4) is 5.75 Å². The minimum atomic E-state index is -0.639. The van der Waals surface area contributed by atoms with Gasteiger partial charge in [0.15, 0.2) is 0 Å². The van der Waals surface area contributed by atoms with Gasteiger partial charge in [0, 0.05) is 5.92 Å². The van der Waals surface area contributed by atoms with Gasteiger partial charge in [0.1, 0.15) is 25.1 Å². The highest BCUT2D eigenvalue weighted by molar-refractivity contribution is 5.70. The van der Waals surface area contributed by atoms with E-state index in [9.17, 15) is 9.90 Å². The van der Waals surface area contributed by atoms with E-state index in [0.29, 0.717) is 31.0 Å². The van der Waals surface area contributed by atoms with Crippen LogP contribution in [0.2, 0.25) is 0 Å². The monoisotopic (exact) mass is 446 g/mol. The first-order valence-corrected chi connectivity index (χ1v) is 11.9. The van der Waals surface area contributed by atoms with E-state index in [0.717, 1.165) is 25.0 Å². The van der Waals surface area contributed by atoms with Crippen molar-refractivity contribution in [3.63, 3.8) is 0 Å². The lowest BCUT2D eigenvalue weighted by Gasteiger charge is -2.21. The highest BCUT2D eigenvalue weighted by Crippen LogP contribution is 2.44. The molecule has 1 aliphatic carbocycles. The standard InChI is InChI=1S/C26H38O6/c1-18(2)32-26(28)17-29-14-20-9-11-24-23(19(3)13-25(24)31-15-20)12-10-21(27)16-30-22-7-5-4-6-8-22/h4-8,10,12,18-21,23-25,27H,9,11,13-17H2,1-3H3/b12-10+/t19-,20-,21-,23+,24-,25+/m1/s1. The van der Waals surface area contributed by atoms with Gasteiger partial charge in [-0.1, -0.05) is 37.3 Å². The summed E-state index contributed by atoms with van der Waals surface area (Å²) in [4.78, 5) is 11.6. The van der Waals surface area contributed by atoms with Gasteiger partial charge in [0.25, 0.3) is 0 Å². The van der Waals surface area contributed by atoms with E-state index in [1.807, 2.05) is 50.3 Å². The molecule has 6 atom stereocenters. The fourth-order valence-corrected chi connectivity index (χ4v) is 4.79. The van der Waals surface area contributed by atoms with Gasteiger partial charge >= 0.3 is 5.97 Å². The van der Waals surface area contributed by atoms with E-state index in [4.69, 9.17) is 18.9 Å². The molecule has 1 aromatic carbocycles. The van der Waals surface area contributed by atoms with Crippen molar-refractivity contribution in [1.82, 2.24) is 0 Å². The van der Waals surface area contributed by atoms with Crippen LogP contribution < -0.4 is 4.74 Å². The van der Waals surface area contributed by atoms with Crippen LogP contribution in [0, 0.1) is 23.7 Å². The van der Waals surface area contributed by atoms with Crippen molar-refractivity contribution in [2.24, 2.45) is 23.7 Å². The molecule has 32 heavy (non-hydrogen) atoms. The topological polar surface area (TPSA) is 74.2 Å². The summed E-state index contributed by atoms with van der Waals surface area (Å²) in [6, 6.07) is 9.54. The lowest BCUT2D eigenvalue weighted by atomic mass is 9.85. The second-order valence-electron chi connectivity index (χ2n) is 9.40. The Labute approximate surface area is 191 Å². The fraction of sp³-hybridized carbons (Fsp3) is 0.654. The molecule has 1 heterocycles. The van der Waals surface area contributed by atoms with Gasteiger partial charge in [0.05, 0.1) is 25.4 Å². The van der Waals surface area contributed by atoms with Crippen molar-refractivity contribution in [1.29, 1.82) is 0 Å². The zero-order valence-electron chi connectivity index (χ0n) is 19.5. The fourth-order valence-electron chi connectivity index (χ4n) is 4.79. The molecule has 3 rings (SSSR count). The van der Waals surface area contributed by atoms with Crippen molar-refractivity contribution in [3.05, 3.63) is 42.5 Å². The largest absolute Gasteiger partial charge is 0.491 e. The normalized spacial score (nSPS) is 29.0. The molecule has 0 aromatic heterocycles. The molecule has 0 unspecified atom stereocenters. The number of para-hydroxylation sites is 1. The van der Waals surface area contributed by atoms with Crippen molar-refractivity contribution in [2.75, 3.05) is 26.4 Å². The summed E-state index contributed by atoms with van der Waals surface area (Å²) in [5, 5.41) is 10.3. The number of hydrogen-bond donors (Lipinski definition) is 1. The minimum Gasteiger partial charge on any atom is -0.491 e. The summed E-state index contributed by atoms with van der Waals surface area (Å²) in [5.74, 6) is 2.07. The summed E-state index contributed by atoms with van der Waals surface area (Å²) in [6.45, 7) is 7.34. The van der Waals surface area contributed by atoms with Crippen LogP contribution in [0.4, 0.5) is 0 Å². The highest BCUT2D eigenvalue weighted by Gasteiger charge is 2.42. The Hall–Kier alpha value is -1.89. The molecule has 6 heteroatoms. The van der Waals surface area contributed by atoms with Gasteiger partial charge in [-0.3, -0.25) is 0 Å². The first-order chi connectivity index (χ1) is 15.4. The zero-order valence-corrected chi connectivity index (χ0v) is 19.5. The van der Waals surface area contributed by atoms with Crippen LogP contribution in [0.5, 0.6) is 5.75 Å². The Morgan fingerprint density at radius 2 is 2.03 bits per heavy atom. The number of benzene rings is 1. The molecule has 1 saturated carbocycles. The first kappa shape index (κ1) is 24.7. The van der Waals surface area contributed by atoms with Crippen molar-refractivity contribution in [2.45, 2.75) is 58.3 Å². The van der Waals surface area contributed by atoms with Crippen LogP contribution in [0.15, 0.2) is 42.5 Å². The predicted molar refractivity (Wildman–Crippen MR) is 122 cm³/mol. The molecule has 1 aromatic rings. The summed E-state index contributed by atoms with van der Waals surface area (Å²) in [5.41, 5.74) is 0. The maximum Gasteiger partial charge on any atom is 0.332 e. The number of carbonyl (C=O) groups excluding carboxylic acids is 1. The van der Waals surface area contributed by atoms with Crippen LogP contribution in [-0.2, 0) is 19.0 Å². The van der Waals surface area contributed by atoms with Crippen LogP contribution in [0.25, 0.3) is 0 Å². The number of ether oxygens (including phenoxy) is 4. The molecule has 0 bridgehead atoms. The van der Waals surface area contributed by atoms with E-state index >= 15 is 0 Å². The number of aliphatic hydroxyl groups excluding tert-OH is 1. The summed E-state index contributed by atoms with van der Waals surface area (Å²) >= 11 is 0. The molecule has 2 aliphatic rings. The van der Waals surface area contributed by atoms with E-state index in [1.54, 1.807) is 0 Å². The van der Waals surface area contributed by atoms with Gasteiger partial charge in [0.2, 0.25) is 0 Å². The molecule has 0 radical (unpaired) electrons. The minimum absolute atomic E-state index is 0.00707. The lowest BCUT2D eigenvalue weighted by molar-refractivity contribution is -0.153. The highest BCUT2D eigenvalue weighted by atomic mass is 16.6. The van der Waals surface area contributed by atoms with Gasteiger partial charge < -0.3 is 24.1 Å². The Morgan fingerprint density at radius 1 is 1.25 bits per heavy atom. The van der Waals surface area contributed by atoms with Crippen LogP contribution in [-0.4, -0.2) is 55.8 Å². The van der Waals surface area contributed by atoms with Gasteiger partial charge in [-0.15, -0.1) is 0 Å². The smallest absolute Gasteiger partial charge is 0.332 e. The second-order valence-corrected chi connectivity index (χ2v) is 9.40. The maximum absolute atomic E-state index is 11.6. The van der Waals surface area contributed by atoms with Crippen molar-refractivity contribution < 1.29 is 28.8 Å². The predicted octanol–water partition coefficient (Wildman–Crippen LogP) is 4.02. The number of esters is 1. The zero-order chi connectivity index (χ0) is 22.9. The Balaban J connectivity index is 1.44. The molecule has 1 aliphatic heterocycles. The molecule has 2 fully saturated rings. The summed E-state index contributed by atoms with van der Waals surface area (Å²) < 4.78 is 22.6. The number of rotatable bonds is 10. The number of fused-ring (bicyclic) bond motifs is 1. The third-order valence-electron chi connectivity index (χ3n) is 6.35. The quantitative estimate of drug-likeness (QED) is 0.432. The van der Waals surface area contributed by atoms with Crippen LogP contribution in [0.1, 0.15) is 40.0 Å². The lowest BCUT2D eigenvalue weighted by Crippen LogP contribution is -2.22. The van der Waals surface area contributed by atoms with E-state index in [2.05, 4.69) is 13.0 Å². The van der Waals surface area contributed by atoms with Gasteiger partial charge in [-0.2, -0.15) is 0 Å². The van der Waals surface area contributed by atoms with E-state index in [1.165, 1.54) is 0 Å². The molecular weight excluding hydrogens is 408 g/mol. The average Bonchev–Trinajstić information content (AvgIpc) is 2.92. The van der Waals surface area contributed by atoms with Gasteiger partial charge in [-0.25, -0.2) is 4.79 Å². The van der Waals surface area contributed by atoms with Crippen molar-refractivity contribution >= 4 is 5.97 Å².